The zero-order valence-corrected chi connectivity index (χ0v) is 9.83. The third-order valence-electron chi connectivity index (χ3n) is 2.95. The van der Waals surface area contributed by atoms with Crippen molar-refractivity contribution < 1.29 is 9.53 Å². The maximum absolute atomic E-state index is 11.6. The smallest absolute Gasteiger partial charge is 0.338 e. The molecular formula is C13H18O2. The van der Waals surface area contributed by atoms with Crippen LogP contribution < -0.4 is 0 Å². The number of carbonyl (C=O) groups excluding carboxylic acids is 1. The van der Waals surface area contributed by atoms with Crippen molar-refractivity contribution in [1.29, 1.82) is 0 Å². The van der Waals surface area contributed by atoms with Crippen molar-refractivity contribution in [3.05, 3.63) is 35.4 Å². The molecular weight excluding hydrogens is 188 g/mol. The van der Waals surface area contributed by atoms with Gasteiger partial charge in [0.05, 0.1) is 12.7 Å². The Morgan fingerprint density at radius 1 is 1.33 bits per heavy atom. The van der Waals surface area contributed by atoms with E-state index in [0.717, 1.165) is 12.0 Å². The summed E-state index contributed by atoms with van der Waals surface area (Å²) in [7, 11) is 1.41. The molecule has 2 nitrogen and oxygen atoms in total. The van der Waals surface area contributed by atoms with Crippen LogP contribution in [0.3, 0.4) is 0 Å². The van der Waals surface area contributed by atoms with Crippen molar-refractivity contribution in [1.82, 2.24) is 0 Å². The number of methoxy groups -OCH3 is 1. The molecule has 0 aliphatic heterocycles. The fraction of sp³-hybridized carbons (Fsp3) is 0.462. The first-order valence-electron chi connectivity index (χ1n) is 5.20. The van der Waals surface area contributed by atoms with E-state index in [2.05, 4.69) is 20.8 Å². The summed E-state index contributed by atoms with van der Waals surface area (Å²) in [5.41, 5.74) is 1.73. The second kappa shape index (κ2) is 4.47. The molecule has 0 radical (unpaired) electrons. The van der Waals surface area contributed by atoms with Crippen LogP contribution >= 0.6 is 0 Å². The summed E-state index contributed by atoms with van der Waals surface area (Å²) in [4.78, 5) is 11.6. The van der Waals surface area contributed by atoms with Gasteiger partial charge in [0.25, 0.3) is 0 Å². The quantitative estimate of drug-likeness (QED) is 0.710. The molecule has 0 saturated carbocycles. The Bertz CT molecular complexity index is 353. The van der Waals surface area contributed by atoms with Crippen molar-refractivity contribution in [2.24, 2.45) is 0 Å². The molecule has 1 aromatic carbocycles. The Balaban J connectivity index is 3.23. The molecule has 2 heteroatoms. The maximum atomic E-state index is 11.6. The molecule has 0 unspecified atom stereocenters. The van der Waals surface area contributed by atoms with Gasteiger partial charge in [0.2, 0.25) is 0 Å². The summed E-state index contributed by atoms with van der Waals surface area (Å²) < 4.78 is 4.78. The second-order valence-corrected chi connectivity index (χ2v) is 4.27. The van der Waals surface area contributed by atoms with E-state index in [9.17, 15) is 4.79 Å². The molecule has 15 heavy (non-hydrogen) atoms. The molecule has 0 aliphatic rings. The van der Waals surface area contributed by atoms with Crippen molar-refractivity contribution in [3.8, 4) is 0 Å². The monoisotopic (exact) mass is 206 g/mol. The van der Waals surface area contributed by atoms with Crippen LogP contribution in [-0.4, -0.2) is 13.1 Å². The summed E-state index contributed by atoms with van der Waals surface area (Å²) in [6.07, 6.45) is 0.987. The zero-order valence-electron chi connectivity index (χ0n) is 9.83. The number of esters is 1. The number of rotatable bonds is 3. The zero-order chi connectivity index (χ0) is 11.5. The highest BCUT2D eigenvalue weighted by Crippen LogP contribution is 2.29. The summed E-state index contributed by atoms with van der Waals surface area (Å²) >= 11 is 0. The van der Waals surface area contributed by atoms with Gasteiger partial charge in [-0.15, -0.1) is 0 Å². The first-order valence-corrected chi connectivity index (χ1v) is 5.20. The van der Waals surface area contributed by atoms with Gasteiger partial charge < -0.3 is 4.74 Å². The van der Waals surface area contributed by atoms with Gasteiger partial charge in [-0.2, -0.15) is 0 Å². The normalized spacial score (nSPS) is 11.2. The van der Waals surface area contributed by atoms with Gasteiger partial charge >= 0.3 is 5.97 Å². The van der Waals surface area contributed by atoms with Gasteiger partial charge in [0, 0.05) is 0 Å². The number of carbonyl (C=O) groups is 1. The summed E-state index contributed by atoms with van der Waals surface area (Å²) in [6.45, 7) is 6.39. The highest BCUT2D eigenvalue weighted by atomic mass is 16.5. The lowest BCUT2D eigenvalue weighted by Crippen LogP contribution is -2.20. The second-order valence-electron chi connectivity index (χ2n) is 4.27. The van der Waals surface area contributed by atoms with Crippen LogP contribution in [0.5, 0.6) is 0 Å². The SMILES string of the molecule is CCC(C)(C)c1ccccc1C(=O)OC. The first kappa shape index (κ1) is 11.8. The largest absolute Gasteiger partial charge is 0.465 e. The molecule has 0 fully saturated rings. The third kappa shape index (κ3) is 2.38. The Hall–Kier alpha value is -1.31. The van der Waals surface area contributed by atoms with E-state index in [1.54, 1.807) is 0 Å². The van der Waals surface area contributed by atoms with E-state index in [4.69, 9.17) is 4.74 Å². The van der Waals surface area contributed by atoms with Gasteiger partial charge in [-0.05, 0) is 23.5 Å². The van der Waals surface area contributed by atoms with E-state index in [-0.39, 0.29) is 11.4 Å². The predicted molar refractivity (Wildman–Crippen MR) is 61.1 cm³/mol. The average Bonchev–Trinajstić information content (AvgIpc) is 2.28. The summed E-state index contributed by atoms with van der Waals surface area (Å²) in [5, 5.41) is 0. The van der Waals surface area contributed by atoms with E-state index < -0.39 is 0 Å². The van der Waals surface area contributed by atoms with Crippen molar-refractivity contribution in [2.75, 3.05) is 7.11 Å². The molecule has 0 bridgehead atoms. The lowest BCUT2D eigenvalue weighted by molar-refractivity contribution is 0.0597. The molecule has 0 amide bonds. The molecule has 0 N–H and O–H groups in total. The fourth-order valence-corrected chi connectivity index (χ4v) is 1.55. The minimum Gasteiger partial charge on any atom is -0.465 e. The molecule has 1 aromatic rings. The maximum Gasteiger partial charge on any atom is 0.338 e. The fourth-order valence-electron chi connectivity index (χ4n) is 1.55. The van der Waals surface area contributed by atoms with Crippen LogP contribution in [-0.2, 0) is 10.2 Å². The molecule has 0 aromatic heterocycles. The van der Waals surface area contributed by atoms with Crippen molar-refractivity contribution in [2.45, 2.75) is 32.6 Å². The van der Waals surface area contributed by atoms with Gasteiger partial charge in [-0.1, -0.05) is 39.0 Å². The molecule has 1 rings (SSSR count). The molecule has 0 atom stereocenters. The summed E-state index contributed by atoms with van der Waals surface area (Å²) in [6, 6.07) is 7.63. The average molecular weight is 206 g/mol. The van der Waals surface area contributed by atoms with Crippen LogP contribution in [0.15, 0.2) is 24.3 Å². The Morgan fingerprint density at radius 3 is 2.47 bits per heavy atom. The minimum absolute atomic E-state index is 0.00475. The summed E-state index contributed by atoms with van der Waals surface area (Å²) in [5.74, 6) is -0.257. The molecule has 0 heterocycles. The highest BCUT2D eigenvalue weighted by Gasteiger charge is 2.24. The highest BCUT2D eigenvalue weighted by molar-refractivity contribution is 5.91. The van der Waals surface area contributed by atoms with Crippen molar-refractivity contribution >= 4 is 5.97 Å². The standard InChI is InChI=1S/C13H18O2/c1-5-13(2,3)11-9-7-6-8-10(11)12(14)15-4/h6-9H,5H2,1-4H3. The Morgan fingerprint density at radius 2 is 1.93 bits per heavy atom. The van der Waals surface area contributed by atoms with E-state index >= 15 is 0 Å². The minimum atomic E-state index is -0.257. The van der Waals surface area contributed by atoms with Crippen molar-refractivity contribution in [3.63, 3.8) is 0 Å². The predicted octanol–water partition coefficient (Wildman–Crippen LogP) is 3.16. The first-order chi connectivity index (χ1) is 7.03. The van der Waals surface area contributed by atoms with Gasteiger partial charge in [-0.3, -0.25) is 0 Å². The Labute approximate surface area is 91.3 Å². The molecule has 0 saturated heterocycles. The number of hydrogen-bond acceptors (Lipinski definition) is 2. The Kier molecular flexibility index (Phi) is 3.51. The molecule has 0 spiro atoms. The van der Waals surface area contributed by atoms with Crippen LogP contribution in [0, 0.1) is 0 Å². The van der Waals surface area contributed by atoms with E-state index in [1.165, 1.54) is 7.11 Å². The third-order valence-corrected chi connectivity index (χ3v) is 2.95. The van der Waals surface area contributed by atoms with Crippen LogP contribution in [0.1, 0.15) is 43.1 Å². The topological polar surface area (TPSA) is 26.3 Å². The van der Waals surface area contributed by atoms with E-state index in [1.807, 2.05) is 24.3 Å². The van der Waals surface area contributed by atoms with Crippen LogP contribution in [0.4, 0.5) is 0 Å². The van der Waals surface area contributed by atoms with E-state index in [0.29, 0.717) is 5.56 Å². The molecule has 0 aliphatic carbocycles. The molecule has 82 valence electrons. The lowest BCUT2D eigenvalue weighted by atomic mass is 9.80. The van der Waals surface area contributed by atoms with Crippen LogP contribution in [0.2, 0.25) is 0 Å². The van der Waals surface area contributed by atoms with Gasteiger partial charge in [-0.25, -0.2) is 4.79 Å². The number of ether oxygens (including phenoxy) is 1. The van der Waals surface area contributed by atoms with Gasteiger partial charge in [0.1, 0.15) is 0 Å². The van der Waals surface area contributed by atoms with Crippen LogP contribution in [0.25, 0.3) is 0 Å². The number of benzene rings is 1. The number of hydrogen-bond donors (Lipinski definition) is 0. The lowest BCUT2D eigenvalue weighted by Gasteiger charge is -2.25. The van der Waals surface area contributed by atoms with Gasteiger partial charge in [0.15, 0.2) is 0 Å².